The second kappa shape index (κ2) is 7.96. The molecule has 27 heavy (non-hydrogen) atoms. The van der Waals surface area contributed by atoms with Crippen LogP contribution in [-0.2, 0) is 9.59 Å². The first-order valence-electron chi connectivity index (χ1n) is 8.26. The van der Waals surface area contributed by atoms with E-state index in [1.54, 1.807) is 25.2 Å². The minimum atomic E-state index is -0.920. The number of ether oxygens (including phenoxy) is 1. The number of hydrogen-bond donors (Lipinski definition) is 1. The first kappa shape index (κ1) is 19.2. The minimum Gasteiger partial charge on any atom is -0.495 e. The topological polar surface area (TPSA) is 58.6 Å². The number of carbonyl (C=O) groups is 2. The van der Waals surface area contributed by atoms with Crippen LogP contribution in [0.2, 0.25) is 0 Å². The summed E-state index contributed by atoms with van der Waals surface area (Å²) in [5.41, 5.74) is 0.447. The number of nitrogens with one attached hydrogen (secondary N) is 1. The van der Waals surface area contributed by atoms with Gasteiger partial charge in [0.15, 0.2) is 11.6 Å². The summed E-state index contributed by atoms with van der Waals surface area (Å²) in [5, 5.41) is 2.80. The molecule has 0 bridgehead atoms. The summed E-state index contributed by atoms with van der Waals surface area (Å²) in [4.78, 5) is 26.8. The number of halogens is 2. The van der Waals surface area contributed by atoms with Gasteiger partial charge in [0.1, 0.15) is 11.8 Å². The number of carbonyl (C=O) groups excluding carboxylic acids is 2. The van der Waals surface area contributed by atoms with E-state index in [1.165, 1.54) is 29.8 Å². The maximum Gasteiger partial charge on any atom is 0.247 e. The number of likely N-dealkylation sites (N-methyl/N-ethyl adjacent to an activating group) is 1. The highest BCUT2D eigenvalue weighted by atomic mass is 32.2. The Morgan fingerprint density at radius 3 is 2.52 bits per heavy atom. The van der Waals surface area contributed by atoms with Gasteiger partial charge in [0.2, 0.25) is 11.8 Å². The Morgan fingerprint density at radius 1 is 1.19 bits per heavy atom. The predicted molar refractivity (Wildman–Crippen MR) is 97.9 cm³/mol. The first-order valence-corrected chi connectivity index (χ1v) is 9.08. The standard InChI is InChI=1S/C19H18F2N2O3S/c1-23-16(6-8-18(23)24)19(25)22-15-10-12(4-7-17(15)26-2)27-11-3-5-13(20)14(21)9-11/h3-5,7,9-10,16H,6,8H2,1-2H3,(H,22,25). The van der Waals surface area contributed by atoms with Crippen LogP contribution in [0.1, 0.15) is 12.8 Å². The second-order valence-electron chi connectivity index (χ2n) is 6.09. The molecule has 3 rings (SSSR count). The van der Waals surface area contributed by atoms with Crippen molar-refractivity contribution in [1.29, 1.82) is 0 Å². The highest BCUT2D eigenvalue weighted by molar-refractivity contribution is 7.99. The Labute approximate surface area is 159 Å². The molecule has 2 aromatic rings. The molecule has 1 heterocycles. The van der Waals surface area contributed by atoms with Gasteiger partial charge in [-0.1, -0.05) is 11.8 Å². The van der Waals surface area contributed by atoms with Crippen LogP contribution in [0.5, 0.6) is 5.75 Å². The molecule has 0 aliphatic carbocycles. The van der Waals surface area contributed by atoms with Crippen LogP contribution in [0.15, 0.2) is 46.2 Å². The molecule has 1 N–H and O–H groups in total. The van der Waals surface area contributed by atoms with Crippen LogP contribution < -0.4 is 10.1 Å². The molecule has 142 valence electrons. The normalized spacial score (nSPS) is 16.5. The van der Waals surface area contributed by atoms with Crippen molar-refractivity contribution >= 4 is 29.3 Å². The van der Waals surface area contributed by atoms with Gasteiger partial charge in [-0.15, -0.1) is 0 Å². The molecule has 1 atom stereocenters. The van der Waals surface area contributed by atoms with Gasteiger partial charge in [-0.3, -0.25) is 9.59 Å². The largest absolute Gasteiger partial charge is 0.495 e. The van der Waals surface area contributed by atoms with E-state index in [0.717, 1.165) is 12.1 Å². The van der Waals surface area contributed by atoms with E-state index in [2.05, 4.69) is 5.32 Å². The fourth-order valence-corrected chi connectivity index (χ4v) is 3.74. The van der Waals surface area contributed by atoms with E-state index < -0.39 is 17.7 Å². The molecular weight excluding hydrogens is 374 g/mol. The zero-order valence-corrected chi connectivity index (χ0v) is 15.6. The second-order valence-corrected chi connectivity index (χ2v) is 7.24. The maximum absolute atomic E-state index is 13.4. The van der Waals surface area contributed by atoms with Crippen molar-refractivity contribution in [3.63, 3.8) is 0 Å². The molecule has 0 spiro atoms. The fourth-order valence-electron chi connectivity index (χ4n) is 2.85. The minimum absolute atomic E-state index is 0.0650. The summed E-state index contributed by atoms with van der Waals surface area (Å²) < 4.78 is 31.8. The van der Waals surface area contributed by atoms with E-state index in [1.807, 2.05) is 0 Å². The van der Waals surface area contributed by atoms with E-state index in [4.69, 9.17) is 4.74 Å². The van der Waals surface area contributed by atoms with E-state index >= 15 is 0 Å². The van der Waals surface area contributed by atoms with Crippen LogP contribution in [-0.4, -0.2) is 36.9 Å². The highest BCUT2D eigenvalue weighted by Gasteiger charge is 2.33. The van der Waals surface area contributed by atoms with Gasteiger partial charge in [0.25, 0.3) is 0 Å². The number of likely N-dealkylation sites (tertiary alicyclic amines) is 1. The third-order valence-corrected chi connectivity index (χ3v) is 5.33. The SMILES string of the molecule is COc1ccc(Sc2ccc(F)c(F)c2)cc1NC(=O)C1CCC(=O)N1C. The molecule has 8 heteroatoms. The molecule has 0 aromatic heterocycles. The number of hydrogen-bond acceptors (Lipinski definition) is 4. The fraction of sp³-hybridized carbons (Fsp3) is 0.263. The van der Waals surface area contributed by atoms with Gasteiger partial charge < -0.3 is 15.0 Å². The third-order valence-electron chi connectivity index (χ3n) is 4.35. The molecule has 2 aromatic carbocycles. The summed E-state index contributed by atoms with van der Waals surface area (Å²) in [6.07, 6.45) is 0.810. The molecule has 5 nitrogen and oxygen atoms in total. The molecule has 1 fully saturated rings. The van der Waals surface area contributed by atoms with Crippen molar-refractivity contribution in [3.8, 4) is 5.75 Å². The molecular formula is C19H18F2N2O3S. The number of methoxy groups -OCH3 is 1. The lowest BCUT2D eigenvalue weighted by Crippen LogP contribution is -2.38. The summed E-state index contributed by atoms with van der Waals surface area (Å²) in [7, 11) is 3.09. The third kappa shape index (κ3) is 4.21. The zero-order valence-electron chi connectivity index (χ0n) is 14.8. The van der Waals surface area contributed by atoms with Gasteiger partial charge in [0, 0.05) is 23.3 Å². The van der Waals surface area contributed by atoms with Crippen molar-refractivity contribution in [2.45, 2.75) is 28.7 Å². The number of anilines is 1. The van der Waals surface area contributed by atoms with Gasteiger partial charge in [0.05, 0.1) is 12.8 Å². The zero-order chi connectivity index (χ0) is 19.6. The van der Waals surface area contributed by atoms with E-state index in [9.17, 15) is 18.4 Å². The number of amides is 2. The molecule has 1 aliphatic heterocycles. The average Bonchev–Trinajstić information content (AvgIpc) is 2.97. The highest BCUT2D eigenvalue weighted by Crippen LogP contribution is 2.35. The Morgan fingerprint density at radius 2 is 1.89 bits per heavy atom. The van der Waals surface area contributed by atoms with Gasteiger partial charge in [-0.2, -0.15) is 0 Å². The maximum atomic E-state index is 13.4. The lowest BCUT2D eigenvalue weighted by atomic mass is 10.2. The van der Waals surface area contributed by atoms with E-state index in [0.29, 0.717) is 34.1 Å². The lowest BCUT2D eigenvalue weighted by molar-refractivity contribution is -0.131. The van der Waals surface area contributed by atoms with Crippen LogP contribution in [0, 0.1) is 11.6 Å². The summed E-state index contributed by atoms with van der Waals surface area (Å²) in [5.74, 6) is -1.72. The van der Waals surface area contributed by atoms with Crippen molar-refractivity contribution in [3.05, 3.63) is 48.0 Å². The average molecular weight is 392 g/mol. The number of benzene rings is 2. The quantitative estimate of drug-likeness (QED) is 0.843. The lowest BCUT2D eigenvalue weighted by Gasteiger charge is -2.20. The van der Waals surface area contributed by atoms with Crippen LogP contribution in [0.3, 0.4) is 0 Å². The molecule has 2 amide bonds. The molecule has 1 aliphatic rings. The smallest absolute Gasteiger partial charge is 0.247 e. The summed E-state index contributed by atoms with van der Waals surface area (Å²) in [6, 6.07) is 8.26. The first-order chi connectivity index (χ1) is 12.9. The Kier molecular flexibility index (Phi) is 5.65. The van der Waals surface area contributed by atoms with Gasteiger partial charge in [-0.25, -0.2) is 8.78 Å². The Hall–Kier alpha value is -2.61. The van der Waals surface area contributed by atoms with Crippen molar-refractivity contribution in [1.82, 2.24) is 4.90 Å². The van der Waals surface area contributed by atoms with Crippen molar-refractivity contribution < 1.29 is 23.1 Å². The molecule has 0 saturated carbocycles. The molecule has 1 unspecified atom stereocenters. The summed E-state index contributed by atoms with van der Waals surface area (Å²) in [6.45, 7) is 0. The number of nitrogens with zero attached hydrogens (tertiary/aromatic N) is 1. The van der Waals surface area contributed by atoms with E-state index in [-0.39, 0.29) is 11.8 Å². The number of rotatable bonds is 5. The monoisotopic (exact) mass is 392 g/mol. The Bertz CT molecular complexity index is 891. The van der Waals surface area contributed by atoms with Gasteiger partial charge in [-0.05, 0) is 42.8 Å². The van der Waals surface area contributed by atoms with Gasteiger partial charge >= 0.3 is 0 Å². The van der Waals surface area contributed by atoms with Crippen LogP contribution in [0.4, 0.5) is 14.5 Å². The Balaban J connectivity index is 1.80. The molecule has 1 saturated heterocycles. The van der Waals surface area contributed by atoms with Crippen LogP contribution in [0.25, 0.3) is 0 Å². The van der Waals surface area contributed by atoms with Crippen molar-refractivity contribution in [2.24, 2.45) is 0 Å². The predicted octanol–water partition coefficient (Wildman–Crippen LogP) is 3.68. The van der Waals surface area contributed by atoms with Crippen LogP contribution >= 0.6 is 11.8 Å². The molecule has 0 radical (unpaired) electrons. The summed E-state index contributed by atoms with van der Waals surface area (Å²) >= 11 is 1.23. The van der Waals surface area contributed by atoms with Crippen molar-refractivity contribution in [2.75, 3.05) is 19.5 Å².